The molecule has 37 heavy (non-hydrogen) atoms. The Morgan fingerprint density at radius 3 is 2.57 bits per heavy atom. The predicted octanol–water partition coefficient (Wildman–Crippen LogP) is 4.90. The van der Waals surface area contributed by atoms with Crippen LogP contribution in [0.1, 0.15) is 49.1 Å². The average Bonchev–Trinajstić information content (AvgIpc) is 3.38. The number of carbonyl (C=O) groups is 2. The van der Waals surface area contributed by atoms with Crippen LogP contribution in [-0.2, 0) is 16.8 Å². The minimum Gasteiger partial charge on any atom is -0.482 e. The maximum atomic E-state index is 13.1. The van der Waals surface area contributed by atoms with Gasteiger partial charge in [0.05, 0.1) is 16.4 Å². The summed E-state index contributed by atoms with van der Waals surface area (Å²) >= 11 is 6.33. The number of rotatable bonds is 6. The zero-order valence-corrected chi connectivity index (χ0v) is 22.1. The molecule has 194 valence electrons. The van der Waals surface area contributed by atoms with Gasteiger partial charge in [-0.2, -0.15) is 0 Å². The number of fused-ring (bicyclic) bond motifs is 1. The summed E-state index contributed by atoms with van der Waals surface area (Å²) in [7, 11) is 0. The van der Waals surface area contributed by atoms with Crippen molar-refractivity contribution in [2.45, 2.75) is 39.2 Å². The molecule has 1 saturated heterocycles. The summed E-state index contributed by atoms with van der Waals surface area (Å²) < 4.78 is 11.3. The Balaban J connectivity index is 1.28. The van der Waals surface area contributed by atoms with E-state index in [1.807, 2.05) is 42.5 Å². The molecule has 2 amide bonds. The molecule has 8 nitrogen and oxygen atoms in total. The first kappa shape index (κ1) is 25.1. The second kappa shape index (κ2) is 10.1. The Morgan fingerprint density at radius 2 is 1.84 bits per heavy atom. The molecule has 0 spiro atoms. The molecule has 1 fully saturated rings. The Kier molecular flexibility index (Phi) is 6.86. The van der Waals surface area contributed by atoms with E-state index in [-0.39, 0.29) is 36.1 Å². The van der Waals surface area contributed by atoms with Crippen LogP contribution in [0.4, 0.5) is 11.4 Å². The number of carbonyl (C=O) groups excluding carboxylic acids is 2. The van der Waals surface area contributed by atoms with Gasteiger partial charge in [0.25, 0.3) is 11.8 Å². The fourth-order valence-corrected chi connectivity index (χ4v) is 4.89. The smallest absolute Gasteiger partial charge is 0.275 e. The van der Waals surface area contributed by atoms with Crippen LogP contribution in [0.5, 0.6) is 5.75 Å². The number of hydrogen-bond donors (Lipinski definition) is 0. The van der Waals surface area contributed by atoms with Crippen molar-refractivity contribution in [1.29, 1.82) is 0 Å². The SMILES string of the molecule is CCC(C)(C)c1ccc2c(c1)N(Cc1nc(C(=O)N3CCN(c4ccccc4Cl)CC3)co1)C(=O)CO2. The molecule has 0 atom stereocenters. The van der Waals surface area contributed by atoms with Gasteiger partial charge in [-0.15, -0.1) is 0 Å². The monoisotopic (exact) mass is 522 g/mol. The highest BCUT2D eigenvalue weighted by atomic mass is 35.5. The number of piperazine rings is 1. The van der Waals surface area contributed by atoms with E-state index < -0.39 is 0 Å². The summed E-state index contributed by atoms with van der Waals surface area (Å²) in [6, 6.07) is 13.7. The van der Waals surface area contributed by atoms with E-state index in [0.29, 0.717) is 48.5 Å². The number of nitrogens with zero attached hydrogens (tertiary/aromatic N) is 4. The molecule has 0 radical (unpaired) electrons. The molecule has 3 aromatic rings. The molecule has 2 aliphatic heterocycles. The Bertz CT molecular complexity index is 1310. The molecule has 0 saturated carbocycles. The second-order valence-electron chi connectivity index (χ2n) is 10.0. The third-order valence-electron chi connectivity index (χ3n) is 7.39. The van der Waals surface area contributed by atoms with Crippen LogP contribution >= 0.6 is 11.6 Å². The van der Waals surface area contributed by atoms with Crippen molar-refractivity contribution in [3.8, 4) is 5.75 Å². The Labute approximate surface area is 221 Å². The van der Waals surface area contributed by atoms with Crippen molar-refractivity contribution in [3.63, 3.8) is 0 Å². The molecule has 2 aromatic carbocycles. The van der Waals surface area contributed by atoms with E-state index in [9.17, 15) is 9.59 Å². The minimum absolute atomic E-state index is 0.0421. The standard InChI is InChI=1S/C28H31ClN4O4/c1-4-28(2,3)19-9-10-24-23(15-19)33(26(34)18-36-24)16-25-30-21(17-37-25)27(35)32-13-11-31(12-14-32)22-8-6-5-7-20(22)29/h5-10,15,17H,4,11-14,16,18H2,1-3H3. The number of oxazole rings is 1. The average molecular weight is 523 g/mol. The first-order chi connectivity index (χ1) is 17.8. The lowest BCUT2D eigenvalue weighted by Crippen LogP contribution is -2.49. The van der Waals surface area contributed by atoms with Gasteiger partial charge in [0.15, 0.2) is 12.3 Å². The first-order valence-corrected chi connectivity index (χ1v) is 13.0. The number of para-hydroxylation sites is 1. The highest BCUT2D eigenvalue weighted by Gasteiger charge is 2.31. The molecule has 3 heterocycles. The normalized spacial score (nSPS) is 16.0. The van der Waals surface area contributed by atoms with E-state index in [0.717, 1.165) is 17.7 Å². The van der Waals surface area contributed by atoms with Crippen molar-refractivity contribution < 1.29 is 18.7 Å². The van der Waals surface area contributed by atoms with Crippen LogP contribution in [0.15, 0.2) is 53.1 Å². The zero-order valence-electron chi connectivity index (χ0n) is 21.4. The third kappa shape index (κ3) is 5.03. The summed E-state index contributed by atoms with van der Waals surface area (Å²) in [6.45, 7) is 9.02. The maximum absolute atomic E-state index is 13.1. The zero-order chi connectivity index (χ0) is 26.2. The van der Waals surface area contributed by atoms with Crippen LogP contribution in [0.25, 0.3) is 0 Å². The molecule has 9 heteroatoms. The summed E-state index contributed by atoms with van der Waals surface area (Å²) in [4.78, 5) is 35.9. The highest BCUT2D eigenvalue weighted by molar-refractivity contribution is 6.33. The van der Waals surface area contributed by atoms with Crippen LogP contribution in [0.3, 0.4) is 0 Å². The summed E-state index contributed by atoms with van der Waals surface area (Å²) in [5.74, 6) is 0.587. The number of ether oxygens (including phenoxy) is 1. The summed E-state index contributed by atoms with van der Waals surface area (Å²) in [5, 5.41) is 0.702. The molecule has 0 N–H and O–H groups in total. The van der Waals surface area contributed by atoms with Gasteiger partial charge < -0.3 is 19.0 Å². The summed E-state index contributed by atoms with van der Waals surface area (Å²) in [5.41, 5.74) is 2.98. The number of hydrogen-bond acceptors (Lipinski definition) is 6. The van der Waals surface area contributed by atoms with E-state index in [2.05, 4.69) is 30.7 Å². The van der Waals surface area contributed by atoms with Crippen molar-refractivity contribution in [2.24, 2.45) is 0 Å². The molecular formula is C28H31ClN4O4. The van der Waals surface area contributed by atoms with Gasteiger partial charge in [-0.05, 0) is 41.7 Å². The van der Waals surface area contributed by atoms with Crippen molar-refractivity contribution in [1.82, 2.24) is 9.88 Å². The predicted molar refractivity (Wildman–Crippen MR) is 143 cm³/mol. The summed E-state index contributed by atoms with van der Waals surface area (Å²) in [6.07, 6.45) is 2.33. The van der Waals surface area contributed by atoms with Crippen molar-refractivity contribution in [3.05, 3.63) is 70.9 Å². The highest BCUT2D eigenvalue weighted by Crippen LogP contribution is 2.38. The topological polar surface area (TPSA) is 79.1 Å². The molecule has 1 aromatic heterocycles. The Hall–Kier alpha value is -3.52. The van der Waals surface area contributed by atoms with Gasteiger partial charge in [-0.1, -0.05) is 50.6 Å². The van der Waals surface area contributed by atoms with Crippen molar-refractivity contribution in [2.75, 3.05) is 42.6 Å². The van der Waals surface area contributed by atoms with Crippen LogP contribution in [-0.4, -0.2) is 54.5 Å². The van der Waals surface area contributed by atoms with Crippen LogP contribution in [0, 0.1) is 0 Å². The quantitative estimate of drug-likeness (QED) is 0.458. The van der Waals surface area contributed by atoms with Gasteiger partial charge in [0.2, 0.25) is 5.89 Å². The maximum Gasteiger partial charge on any atom is 0.275 e. The fourth-order valence-electron chi connectivity index (χ4n) is 4.64. The minimum atomic E-state index is -0.186. The number of halogens is 1. The van der Waals surface area contributed by atoms with Crippen LogP contribution < -0.4 is 14.5 Å². The first-order valence-electron chi connectivity index (χ1n) is 12.6. The number of anilines is 2. The number of aromatic nitrogens is 1. The largest absolute Gasteiger partial charge is 0.482 e. The molecule has 0 bridgehead atoms. The number of benzene rings is 2. The Morgan fingerprint density at radius 1 is 1.08 bits per heavy atom. The fraction of sp³-hybridized carbons (Fsp3) is 0.393. The van der Waals surface area contributed by atoms with Gasteiger partial charge in [0, 0.05) is 26.2 Å². The molecule has 0 aliphatic carbocycles. The van der Waals surface area contributed by atoms with Crippen molar-refractivity contribution >= 4 is 34.8 Å². The van der Waals surface area contributed by atoms with Gasteiger partial charge in [-0.25, -0.2) is 4.98 Å². The third-order valence-corrected chi connectivity index (χ3v) is 7.71. The van der Waals surface area contributed by atoms with E-state index >= 15 is 0 Å². The lowest BCUT2D eigenvalue weighted by Gasteiger charge is -2.36. The molecule has 0 unspecified atom stereocenters. The van der Waals surface area contributed by atoms with Gasteiger partial charge in [-0.3, -0.25) is 14.5 Å². The van der Waals surface area contributed by atoms with E-state index in [1.165, 1.54) is 6.26 Å². The second-order valence-corrected chi connectivity index (χ2v) is 10.5. The molecule has 5 rings (SSSR count). The van der Waals surface area contributed by atoms with E-state index in [4.69, 9.17) is 20.8 Å². The lowest BCUT2D eigenvalue weighted by atomic mass is 9.82. The van der Waals surface area contributed by atoms with E-state index in [1.54, 1.807) is 9.80 Å². The van der Waals surface area contributed by atoms with Gasteiger partial charge in [0.1, 0.15) is 18.6 Å². The molecular weight excluding hydrogens is 492 g/mol. The van der Waals surface area contributed by atoms with Gasteiger partial charge >= 0.3 is 0 Å². The number of amides is 2. The van der Waals surface area contributed by atoms with Crippen LogP contribution in [0.2, 0.25) is 5.02 Å². The lowest BCUT2D eigenvalue weighted by molar-refractivity contribution is -0.121. The molecule has 2 aliphatic rings.